The maximum absolute atomic E-state index is 10.1. The van der Waals surface area contributed by atoms with Crippen LogP contribution in [0.3, 0.4) is 0 Å². The van der Waals surface area contributed by atoms with Crippen molar-refractivity contribution in [1.82, 2.24) is 0 Å². The third-order valence-electron chi connectivity index (χ3n) is 3.80. The summed E-state index contributed by atoms with van der Waals surface area (Å²) in [6.07, 6.45) is 9.20. The smallest absolute Gasteiger partial charge is 0.127 e. The van der Waals surface area contributed by atoms with Gasteiger partial charge in [-0.15, -0.1) is 0 Å². The minimum absolute atomic E-state index is 0.381. The van der Waals surface area contributed by atoms with Crippen LogP contribution in [0.25, 0.3) is 0 Å². The molecule has 2 heteroatoms. The number of benzene rings is 1. The Labute approximate surface area is 110 Å². The maximum atomic E-state index is 10.1. The molecule has 1 saturated carbocycles. The van der Waals surface area contributed by atoms with Crippen molar-refractivity contribution in [1.29, 1.82) is 0 Å². The van der Waals surface area contributed by atoms with Gasteiger partial charge in [0.1, 0.15) is 5.75 Å². The average molecular weight is 245 g/mol. The van der Waals surface area contributed by atoms with Gasteiger partial charge in [-0.05, 0) is 43.4 Å². The van der Waals surface area contributed by atoms with E-state index >= 15 is 0 Å². The summed E-state index contributed by atoms with van der Waals surface area (Å²) in [6, 6.07) is 4.56. The predicted octanol–water partition coefficient (Wildman–Crippen LogP) is 4.01. The predicted molar refractivity (Wildman–Crippen MR) is 76.7 cm³/mol. The number of hydrogen-bond acceptors (Lipinski definition) is 2. The van der Waals surface area contributed by atoms with Gasteiger partial charge in [0, 0.05) is 17.8 Å². The van der Waals surface area contributed by atoms with E-state index in [9.17, 15) is 5.11 Å². The lowest BCUT2D eigenvalue weighted by atomic mass is 9.96. The quantitative estimate of drug-likeness (QED) is 0.802. The van der Waals surface area contributed by atoms with E-state index in [0.717, 1.165) is 17.5 Å². The van der Waals surface area contributed by atoms with E-state index in [4.69, 9.17) is 0 Å². The fourth-order valence-electron chi connectivity index (χ4n) is 2.60. The molecule has 1 aliphatic rings. The second-order valence-electron chi connectivity index (χ2n) is 5.27. The molecule has 0 radical (unpaired) electrons. The highest BCUT2D eigenvalue weighted by Gasteiger charge is 2.11. The Morgan fingerprint density at radius 3 is 2.67 bits per heavy atom. The number of hydrogen-bond donors (Lipinski definition) is 1. The molecule has 1 aliphatic carbocycles. The number of rotatable bonds is 3. The summed E-state index contributed by atoms with van der Waals surface area (Å²) in [6.45, 7) is 4.08. The maximum Gasteiger partial charge on any atom is 0.127 e. The molecule has 2 rings (SSSR count). The fraction of sp³-hybridized carbons (Fsp3) is 0.562. The van der Waals surface area contributed by atoms with Crippen LogP contribution in [-0.4, -0.2) is 17.4 Å². The standard InChI is InChI=1S/C16H23NO/c1-3-13-9-12(2)16(18)14(10-13)11-17-15-7-5-4-6-8-15/h9-11,15,18H,3-8H2,1-2H3/b17-11+. The van der Waals surface area contributed by atoms with Crippen LogP contribution in [0.15, 0.2) is 17.1 Å². The van der Waals surface area contributed by atoms with Crippen molar-refractivity contribution in [2.75, 3.05) is 0 Å². The normalized spacial score (nSPS) is 17.4. The molecule has 98 valence electrons. The Morgan fingerprint density at radius 1 is 1.28 bits per heavy atom. The summed E-state index contributed by atoms with van der Waals surface area (Å²) in [5.74, 6) is 0.381. The third-order valence-corrected chi connectivity index (χ3v) is 3.80. The van der Waals surface area contributed by atoms with E-state index in [-0.39, 0.29) is 0 Å². The van der Waals surface area contributed by atoms with Crippen molar-refractivity contribution in [3.8, 4) is 5.75 Å². The zero-order valence-electron chi connectivity index (χ0n) is 11.4. The highest BCUT2D eigenvalue weighted by atomic mass is 16.3. The topological polar surface area (TPSA) is 32.6 Å². The van der Waals surface area contributed by atoms with Gasteiger partial charge in [0.15, 0.2) is 0 Å². The van der Waals surface area contributed by atoms with Gasteiger partial charge >= 0.3 is 0 Å². The van der Waals surface area contributed by atoms with Crippen LogP contribution in [0.5, 0.6) is 5.75 Å². The zero-order valence-corrected chi connectivity index (χ0v) is 11.4. The molecule has 1 aromatic carbocycles. The van der Waals surface area contributed by atoms with E-state index < -0.39 is 0 Å². The molecule has 1 aromatic rings. The van der Waals surface area contributed by atoms with Crippen LogP contribution < -0.4 is 0 Å². The van der Waals surface area contributed by atoms with Crippen LogP contribution in [0.2, 0.25) is 0 Å². The van der Waals surface area contributed by atoms with Crippen molar-refractivity contribution >= 4 is 6.21 Å². The van der Waals surface area contributed by atoms with Crippen molar-refractivity contribution in [2.45, 2.75) is 58.4 Å². The number of aliphatic imine (C=N–C) groups is 1. The Kier molecular flexibility index (Phi) is 4.40. The molecule has 0 amide bonds. The molecule has 1 N–H and O–H groups in total. The van der Waals surface area contributed by atoms with Gasteiger partial charge in [0.2, 0.25) is 0 Å². The van der Waals surface area contributed by atoms with E-state index in [2.05, 4.69) is 18.0 Å². The van der Waals surface area contributed by atoms with Crippen LogP contribution >= 0.6 is 0 Å². The van der Waals surface area contributed by atoms with E-state index in [1.54, 1.807) is 0 Å². The molecule has 0 aromatic heterocycles. The van der Waals surface area contributed by atoms with Crippen LogP contribution in [-0.2, 0) is 6.42 Å². The number of phenolic OH excluding ortho intramolecular Hbond substituents is 1. The first-order valence-electron chi connectivity index (χ1n) is 7.06. The second-order valence-corrected chi connectivity index (χ2v) is 5.27. The number of nitrogens with zero attached hydrogens (tertiary/aromatic N) is 1. The summed E-state index contributed by atoms with van der Waals surface area (Å²) in [5.41, 5.74) is 3.08. The van der Waals surface area contributed by atoms with Crippen molar-refractivity contribution in [3.63, 3.8) is 0 Å². The molecule has 1 fully saturated rings. The van der Waals surface area contributed by atoms with Gasteiger partial charge in [-0.3, -0.25) is 4.99 Å². The van der Waals surface area contributed by atoms with Crippen molar-refractivity contribution < 1.29 is 5.11 Å². The SMILES string of the molecule is CCc1cc(C)c(O)c(/C=N/C2CCCCC2)c1. The summed E-state index contributed by atoms with van der Waals surface area (Å²) in [4.78, 5) is 4.65. The van der Waals surface area contributed by atoms with Gasteiger partial charge in [-0.25, -0.2) is 0 Å². The number of aryl methyl sites for hydroxylation is 2. The third kappa shape index (κ3) is 3.12. The van der Waals surface area contributed by atoms with E-state index in [1.165, 1.54) is 37.7 Å². The number of aromatic hydroxyl groups is 1. The first-order valence-corrected chi connectivity index (χ1v) is 7.06. The minimum Gasteiger partial charge on any atom is -0.507 e. The van der Waals surface area contributed by atoms with Gasteiger partial charge < -0.3 is 5.11 Å². The van der Waals surface area contributed by atoms with E-state index in [0.29, 0.717) is 11.8 Å². The molecule has 2 nitrogen and oxygen atoms in total. The monoisotopic (exact) mass is 245 g/mol. The van der Waals surface area contributed by atoms with E-state index in [1.807, 2.05) is 19.2 Å². The molecule has 0 bridgehead atoms. The Hall–Kier alpha value is -1.31. The molecule has 0 heterocycles. The molecule has 0 atom stereocenters. The van der Waals surface area contributed by atoms with Crippen molar-refractivity contribution in [3.05, 3.63) is 28.8 Å². The van der Waals surface area contributed by atoms with Crippen LogP contribution in [0.1, 0.15) is 55.7 Å². The van der Waals surface area contributed by atoms with Gasteiger partial charge in [-0.1, -0.05) is 32.3 Å². The van der Waals surface area contributed by atoms with Crippen molar-refractivity contribution in [2.24, 2.45) is 4.99 Å². The first kappa shape index (κ1) is 13.1. The zero-order chi connectivity index (χ0) is 13.0. The van der Waals surface area contributed by atoms with Gasteiger partial charge in [-0.2, -0.15) is 0 Å². The molecular weight excluding hydrogens is 222 g/mol. The lowest BCUT2D eigenvalue weighted by molar-refractivity contribution is 0.444. The van der Waals surface area contributed by atoms with Crippen LogP contribution in [0.4, 0.5) is 0 Å². The molecule has 0 spiro atoms. The highest BCUT2D eigenvalue weighted by molar-refractivity contribution is 5.84. The first-order chi connectivity index (χ1) is 8.70. The average Bonchev–Trinajstić information content (AvgIpc) is 2.41. The Morgan fingerprint density at radius 2 is 2.00 bits per heavy atom. The van der Waals surface area contributed by atoms with Crippen LogP contribution in [0, 0.1) is 6.92 Å². The lowest BCUT2D eigenvalue weighted by Gasteiger charge is -2.17. The summed E-state index contributed by atoms with van der Waals surface area (Å²) in [7, 11) is 0. The number of phenols is 1. The second kappa shape index (κ2) is 6.03. The largest absolute Gasteiger partial charge is 0.507 e. The Balaban J connectivity index is 2.16. The lowest BCUT2D eigenvalue weighted by Crippen LogP contribution is -2.09. The fourth-order valence-corrected chi connectivity index (χ4v) is 2.60. The molecular formula is C16H23NO. The molecule has 0 unspecified atom stereocenters. The molecule has 0 saturated heterocycles. The molecule has 0 aliphatic heterocycles. The highest BCUT2D eigenvalue weighted by Crippen LogP contribution is 2.24. The summed E-state index contributed by atoms with van der Waals surface area (Å²) < 4.78 is 0. The van der Waals surface area contributed by atoms with Gasteiger partial charge in [0.05, 0.1) is 0 Å². The molecule has 18 heavy (non-hydrogen) atoms. The van der Waals surface area contributed by atoms with Gasteiger partial charge in [0.25, 0.3) is 0 Å². The summed E-state index contributed by atoms with van der Waals surface area (Å²) in [5, 5.41) is 10.1. The Bertz CT molecular complexity index is 431. The summed E-state index contributed by atoms with van der Waals surface area (Å²) >= 11 is 0. The minimum atomic E-state index is 0.381.